The van der Waals surface area contributed by atoms with Crippen LogP contribution in [0.4, 0.5) is 5.82 Å². The Labute approximate surface area is 196 Å². The van der Waals surface area contributed by atoms with Crippen molar-refractivity contribution in [3.8, 4) is 5.75 Å². The fourth-order valence-electron chi connectivity index (χ4n) is 3.98. The summed E-state index contributed by atoms with van der Waals surface area (Å²) in [5.41, 5.74) is 2.02. The van der Waals surface area contributed by atoms with Crippen LogP contribution >= 0.6 is 0 Å². The van der Waals surface area contributed by atoms with Gasteiger partial charge in [0.15, 0.2) is 5.82 Å². The van der Waals surface area contributed by atoms with Gasteiger partial charge >= 0.3 is 0 Å². The van der Waals surface area contributed by atoms with E-state index in [0.717, 1.165) is 60.6 Å². The van der Waals surface area contributed by atoms with Crippen molar-refractivity contribution in [2.75, 3.05) is 38.6 Å². The molecule has 1 aromatic heterocycles. The molecule has 0 spiro atoms. The first kappa shape index (κ1) is 22.7. The van der Waals surface area contributed by atoms with Gasteiger partial charge in [0.25, 0.3) is 0 Å². The molecule has 5 heteroatoms. The lowest BCUT2D eigenvalue weighted by Gasteiger charge is -2.18. The molecule has 1 heterocycles. The second kappa shape index (κ2) is 10.9. The van der Waals surface area contributed by atoms with E-state index >= 15 is 0 Å². The fraction of sp³-hybridized carbons (Fsp3) is 0.286. The zero-order valence-electron chi connectivity index (χ0n) is 19.7. The first-order chi connectivity index (χ1) is 16.2. The normalized spacial score (nSPS) is 11.6. The van der Waals surface area contributed by atoms with Gasteiger partial charge in [0.2, 0.25) is 0 Å². The molecule has 0 saturated carbocycles. The summed E-state index contributed by atoms with van der Waals surface area (Å²) in [6.45, 7) is 8.54. The van der Waals surface area contributed by atoms with Gasteiger partial charge in [0.05, 0.1) is 12.6 Å². The van der Waals surface area contributed by atoms with Gasteiger partial charge in [-0.15, -0.1) is 0 Å². The second-order valence-corrected chi connectivity index (χ2v) is 8.06. The van der Waals surface area contributed by atoms with Crippen molar-refractivity contribution in [3.63, 3.8) is 0 Å². The van der Waals surface area contributed by atoms with Crippen LogP contribution in [0.5, 0.6) is 5.75 Å². The van der Waals surface area contributed by atoms with E-state index in [-0.39, 0.29) is 0 Å². The quantitative estimate of drug-likeness (QED) is 0.238. The number of anilines is 1. The van der Waals surface area contributed by atoms with Crippen LogP contribution in [-0.2, 0) is 0 Å². The molecule has 0 atom stereocenters. The average Bonchev–Trinajstić information content (AvgIpc) is 2.86. The van der Waals surface area contributed by atoms with Crippen molar-refractivity contribution >= 4 is 39.6 Å². The molecule has 0 aliphatic carbocycles. The summed E-state index contributed by atoms with van der Waals surface area (Å²) >= 11 is 0. The molecule has 0 bridgehead atoms. The van der Waals surface area contributed by atoms with Crippen LogP contribution in [0, 0.1) is 0 Å². The maximum absolute atomic E-state index is 5.25. The Hall–Kier alpha value is -3.44. The summed E-state index contributed by atoms with van der Waals surface area (Å²) in [7, 11) is 1.67. The molecule has 0 saturated heterocycles. The molecule has 1 N–H and O–H groups in total. The van der Waals surface area contributed by atoms with Crippen molar-refractivity contribution in [2.45, 2.75) is 20.3 Å². The number of rotatable bonds is 10. The van der Waals surface area contributed by atoms with E-state index in [1.165, 1.54) is 10.8 Å². The summed E-state index contributed by atoms with van der Waals surface area (Å²) < 4.78 is 5.25. The summed E-state index contributed by atoms with van der Waals surface area (Å²) in [4.78, 5) is 12.2. The molecule has 4 aromatic rings. The van der Waals surface area contributed by atoms with Crippen LogP contribution in [0.2, 0.25) is 0 Å². The smallest absolute Gasteiger partial charge is 0.154 e. The highest BCUT2D eigenvalue weighted by Gasteiger charge is 2.09. The van der Waals surface area contributed by atoms with E-state index in [2.05, 4.69) is 60.5 Å². The minimum atomic E-state index is 0.694. The SMILES string of the molecule is CCN(CC)CCCNc1nc(/C=C/c2ccc(OC)cc2)nc2cc3ccccc3cc12. The molecule has 0 radical (unpaired) electrons. The van der Waals surface area contributed by atoms with E-state index in [4.69, 9.17) is 14.7 Å². The van der Waals surface area contributed by atoms with Crippen molar-refractivity contribution in [1.29, 1.82) is 0 Å². The molecule has 0 unspecified atom stereocenters. The van der Waals surface area contributed by atoms with Gasteiger partial charge in [-0.05, 0) is 72.7 Å². The number of methoxy groups -OCH3 is 1. The molecule has 5 nitrogen and oxygen atoms in total. The molecule has 0 aliphatic heterocycles. The summed E-state index contributed by atoms with van der Waals surface area (Å²) in [5, 5.41) is 7.01. The third-order valence-corrected chi connectivity index (χ3v) is 5.96. The van der Waals surface area contributed by atoms with Crippen LogP contribution in [0.1, 0.15) is 31.7 Å². The lowest BCUT2D eigenvalue weighted by atomic mass is 10.1. The maximum Gasteiger partial charge on any atom is 0.154 e. The zero-order chi connectivity index (χ0) is 23.0. The minimum absolute atomic E-state index is 0.694. The van der Waals surface area contributed by atoms with Crippen LogP contribution in [0.25, 0.3) is 33.8 Å². The second-order valence-electron chi connectivity index (χ2n) is 8.06. The molecule has 3 aromatic carbocycles. The minimum Gasteiger partial charge on any atom is -0.497 e. The van der Waals surface area contributed by atoms with Crippen molar-refractivity contribution in [2.24, 2.45) is 0 Å². The van der Waals surface area contributed by atoms with Gasteiger partial charge in [0.1, 0.15) is 11.6 Å². The van der Waals surface area contributed by atoms with Crippen LogP contribution in [0.3, 0.4) is 0 Å². The molecular formula is C28H32N4O. The van der Waals surface area contributed by atoms with E-state index in [0.29, 0.717) is 5.82 Å². The van der Waals surface area contributed by atoms with E-state index < -0.39 is 0 Å². The number of hydrogen-bond donors (Lipinski definition) is 1. The third kappa shape index (κ3) is 5.68. The van der Waals surface area contributed by atoms with Crippen molar-refractivity contribution < 1.29 is 4.74 Å². The molecule has 170 valence electrons. The number of nitrogens with one attached hydrogen (secondary N) is 1. The van der Waals surface area contributed by atoms with Crippen LogP contribution in [0.15, 0.2) is 60.7 Å². The largest absolute Gasteiger partial charge is 0.497 e. The Kier molecular flexibility index (Phi) is 7.53. The first-order valence-electron chi connectivity index (χ1n) is 11.7. The third-order valence-electron chi connectivity index (χ3n) is 5.96. The molecule has 0 aliphatic rings. The number of hydrogen-bond acceptors (Lipinski definition) is 5. The molecule has 0 fully saturated rings. The molecule has 4 rings (SSSR count). The van der Waals surface area contributed by atoms with Gasteiger partial charge in [-0.2, -0.15) is 0 Å². The van der Waals surface area contributed by atoms with Gasteiger partial charge in [0, 0.05) is 11.9 Å². The number of nitrogens with zero attached hydrogens (tertiary/aromatic N) is 3. The maximum atomic E-state index is 5.25. The summed E-state index contributed by atoms with van der Waals surface area (Å²) in [6.07, 6.45) is 5.07. The van der Waals surface area contributed by atoms with Gasteiger partial charge in [-0.25, -0.2) is 9.97 Å². The molecule has 33 heavy (non-hydrogen) atoms. The number of fused-ring (bicyclic) bond motifs is 2. The highest BCUT2D eigenvalue weighted by Crippen LogP contribution is 2.27. The van der Waals surface area contributed by atoms with E-state index in [1.807, 2.05) is 36.4 Å². The predicted molar refractivity (Wildman–Crippen MR) is 140 cm³/mol. The number of aromatic nitrogens is 2. The average molecular weight is 441 g/mol. The van der Waals surface area contributed by atoms with Crippen LogP contribution < -0.4 is 10.1 Å². The highest BCUT2D eigenvalue weighted by molar-refractivity contribution is 6.01. The molecular weight excluding hydrogens is 408 g/mol. The van der Waals surface area contributed by atoms with Crippen molar-refractivity contribution in [3.05, 3.63) is 72.1 Å². The summed E-state index contributed by atoms with van der Waals surface area (Å²) in [5.74, 6) is 2.43. The lowest BCUT2D eigenvalue weighted by Crippen LogP contribution is -2.25. The molecule has 0 amide bonds. The van der Waals surface area contributed by atoms with E-state index in [9.17, 15) is 0 Å². The Morgan fingerprint density at radius 3 is 2.33 bits per heavy atom. The van der Waals surface area contributed by atoms with Gasteiger partial charge in [-0.1, -0.05) is 56.3 Å². The monoisotopic (exact) mass is 440 g/mol. The predicted octanol–water partition coefficient (Wildman–Crippen LogP) is 6.11. The first-order valence-corrected chi connectivity index (χ1v) is 11.7. The Balaban J connectivity index is 1.63. The fourth-order valence-corrected chi connectivity index (χ4v) is 3.98. The van der Waals surface area contributed by atoms with Crippen LogP contribution in [-0.4, -0.2) is 48.2 Å². The Morgan fingerprint density at radius 1 is 0.909 bits per heavy atom. The topological polar surface area (TPSA) is 50.3 Å². The Morgan fingerprint density at radius 2 is 1.64 bits per heavy atom. The number of benzene rings is 3. The van der Waals surface area contributed by atoms with Gasteiger partial charge < -0.3 is 15.0 Å². The van der Waals surface area contributed by atoms with E-state index in [1.54, 1.807) is 7.11 Å². The Bertz CT molecular complexity index is 1230. The highest BCUT2D eigenvalue weighted by atomic mass is 16.5. The standard InChI is InChI=1S/C28H32N4O/c1-4-32(5-2)18-8-17-29-28-25-19-22-9-6-7-10-23(22)20-26(25)30-27(31-28)16-13-21-11-14-24(33-3)15-12-21/h6-7,9-16,19-20H,4-5,8,17-18H2,1-3H3,(H,29,30,31)/b16-13+. The number of ether oxygens (including phenoxy) is 1. The summed E-state index contributed by atoms with van der Waals surface area (Å²) in [6, 6.07) is 20.7. The lowest BCUT2D eigenvalue weighted by molar-refractivity contribution is 0.303. The van der Waals surface area contributed by atoms with Gasteiger partial charge in [-0.3, -0.25) is 0 Å². The van der Waals surface area contributed by atoms with Crippen molar-refractivity contribution in [1.82, 2.24) is 14.9 Å². The zero-order valence-corrected chi connectivity index (χ0v) is 19.7.